The molecule has 7 nitrogen and oxygen atoms in total. The quantitative estimate of drug-likeness (QED) is 0.478. The van der Waals surface area contributed by atoms with E-state index in [1.54, 1.807) is 0 Å². The van der Waals surface area contributed by atoms with E-state index in [1.807, 2.05) is 0 Å². The second-order valence-electron chi connectivity index (χ2n) is 5.47. The molecule has 4 N–H and O–H groups in total. The number of hydrogen-bond donors (Lipinski definition) is 4. The SMILES string of the molecule is OC[C@H]1O[C@@H](OCCN2CCCCC2)[C@H](O)[C@@H](O)[C@@H]1O. The van der Waals surface area contributed by atoms with Gasteiger partial charge in [0.15, 0.2) is 6.29 Å². The van der Waals surface area contributed by atoms with Gasteiger partial charge in [-0.3, -0.25) is 0 Å². The number of piperidine rings is 1. The molecule has 0 saturated carbocycles. The van der Waals surface area contributed by atoms with Gasteiger partial charge in [-0.25, -0.2) is 0 Å². The van der Waals surface area contributed by atoms with Crippen LogP contribution in [0, 0.1) is 0 Å². The van der Waals surface area contributed by atoms with Crippen molar-refractivity contribution < 1.29 is 29.9 Å². The van der Waals surface area contributed by atoms with Gasteiger partial charge in [0.1, 0.15) is 24.4 Å². The maximum Gasteiger partial charge on any atom is 0.186 e. The standard InChI is InChI=1S/C13H25NO6/c15-8-9-10(16)11(17)12(18)13(20-9)19-7-6-14-4-2-1-3-5-14/h9-13,15-18H,1-8H2/t9-,10-,11+,12-,13-/m1/s1. The molecule has 0 bridgehead atoms. The van der Waals surface area contributed by atoms with Gasteiger partial charge in [0, 0.05) is 6.54 Å². The van der Waals surface area contributed by atoms with Gasteiger partial charge in [-0.2, -0.15) is 0 Å². The summed E-state index contributed by atoms with van der Waals surface area (Å²) in [4.78, 5) is 2.29. The molecule has 2 fully saturated rings. The molecule has 2 rings (SSSR count). The molecule has 0 aromatic rings. The summed E-state index contributed by atoms with van der Waals surface area (Å²) in [5.41, 5.74) is 0. The summed E-state index contributed by atoms with van der Waals surface area (Å²) in [6.07, 6.45) is -2.29. The molecule has 0 amide bonds. The summed E-state index contributed by atoms with van der Waals surface area (Å²) in [6.45, 7) is 2.80. The zero-order valence-corrected chi connectivity index (χ0v) is 11.6. The van der Waals surface area contributed by atoms with Gasteiger partial charge in [0.05, 0.1) is 13.2 Å². The van der Waals surface area contributed by atoms with Crippen molar-refractivity contribution in [1.29, 1.82) is 0 Å². The molecule has 118 valence electrons. The predicted molar refractivity (Wildman–Crippen MR) is 70.0 cm³/mol. The van der Waals surface area contributed by atoms with Crippen molar-refractivity contribution in [2.75, 3.05) is 32.8 Å². The fourth-order valence-corrected chi connectivity index (χ4v) is 2.69. The van der Waals surface area contributed by atoms with Crippen LogP contribution in [0.2, 0.25) is 0 Å². The van der Waals surface area contributed by atoms with E-state index in [2.05, 4.69) is 4.90 Å². The van der Waals surface area contributed by atoms with Gasteiger partial charge >= 0.3 is 0 Å². The fraction of sp³-hybridized carbons (Fsp3) is 1.00. The average Bonchev–Trinajstić information content (AvgIpc) is 2.48. The van der Waals surface area contributed by atoms with Gasteiger partial charge in [0.2, 0.25) is 0 Å². The Morgan fingerprint density at radius 1 is 1.00 bits per heavy atom. The van der Waals surface area contributed by atoms with Crippen LogP contribution in [0.1, 0.15) is 19.3 Å². The first kappa shape index (κ1) is 16.1. The lowest BCUT2D eigenvalue weighted by Gasteiger charge is -2.39. The topological polar surface area (TPSA) is 103 Å². The number of likely N-dealkylation sites (tertiary alicyclic amines) is 1. The second-order valence-corrected chi connectivity index (χ2v) is 5.47. The molecule has 0 spiro atoms. The Morgan fingerprint density at radius 3 is 2.35 bits per heavy atom. The lowest BCUT2D eigenvalue weighted by Crippen LogP contribution is -2.59. The maximum absolute atomic E-state index is 9.80. The highest BCUT2D eigenvalue weighted by Crippen LogP contribution is 2.21. The second kappa shape index (κ2) is 7.65. The van der Waals surface area contributed by atoms with Crippen LogP contribution in [-0.4, -0.2) is 88.9 Å². The van der Waals surface area contributed by atoms with E-state index in [0.29, 0.717) is 6.61 Å². The molecule has 0 aliphatic carbocycles. The maximum atomic E-state index is 9.80. The van der Waals surface area contributed by atoms with Gasteiger partial charge in [-0.15, -0.1) is 0 Å². The summed E-state index contributed by atoms with van der Waals surface area (Å²) in [5, 5.41) is 38.2. The Balaban J connectivity index is 1.76. The average molecular weight is 291 g/mol. The Hall–Kier alpha value is -0.280. The van der Waals surface area contributed by atoms with Crippen LogP contribution in [0.3, 0.4) is 0 Å². The number of hydrogen-bond acceptors (Lipinski definition) is 7. The molecule has 2 saturated heterocycles. The minimum absolute atomic E-state index is 0.378. The van der Waals surface area contributed by atoms with Crippen LogP contribution in [0.5, 0.6) is 0 Å². The van der Waals surface area contributed by atoms with E-state index >= 15 is 0 Å². The highest BCUT2D eigenvalue weighted by atomic mass is 16.7. The lowest BCUT2D eigenvalue weighted by molar-refractivity contribution is -0.301. The molecule has 0 aromatic heterocycles. The minimum Gasteiger partial charge on any atom is -0.394 e. The van der Waals surface area contributed by atoms with E-state index in [0.717, 1.165) is 19.6 Å². The number of aliphatic hydroxyl groups is 4. The van der Waals surface area contributed by atoms with Crippen molar-refractivity contribution >= 4 is 0 Å². The van der Waals surface area contributed by atoms with E-state index in [4.69, 9.17) is 14.6 Å². The predicted octanol–water partition coefficient (Wildman–Crippen LogP) is -1.71. The van der Waals surface area contributed by atoms with Crippen molar-refractivity contribution in [2.24, 2.45) is 0 Å². The van der Waals surface area contributed by atoms with Gasteiger partial charge in [0.25, 0.3) is 0 Å². The Morgan fingerprint density at radius 2 is 1.70 bits per heavy atom. The van der Waals surface area contributed by atoms with Crippen molar-refractivity contribution in [3.8, 4) is 0 Å². The summed E-state index contributed by atoms with van der Waals surface area (Å²) < 4.78 is 10.7. The van der Waals surface area contributed by atoms with Gasteiger partial charge in [-0.05, 0) is 25.9 Å². The third-order valence-electron chi connectivity index (χ3n) is 3.99. The van der Waals surface area contributed by atoms with E-state index < -0.39 is 37.3 Å². The minimum atomic E-state index is -1.37. The zero-order valence-electron chi connectivity index (χ0n) is 11.6. The molecule has 7 heteroatoms. The van der Waals surface area contributed by atoms with Crippen molar-refractivity contribution in [2.45, 2.75) is 50.0 Å². The van der Waals surface area contributed by atoms with Crippen LogP contribution in [0.25, 0.3) is 0 Å². The molecular formula is C13H25NO6. The third kappa shape index (κ3) is 3.88. The molecular weight excluding hydrogens is 266 g/mol. The number of rotatable bonds is 5. The van der Waals surface area contributed by atoms with Crippen LogP contribution in [-0.2, 0) is 9.47 Å². The van der Waals surface area contributed by atoms with Crippen LogP contribution >= 0.6 is 0 Å². The number of aliphatic hydroxyl groups excluding tert-OH is 4. The van der Waals surface area contributed by atoms with Crippen molar-refractivity contribution in [3.05, 3.63) is 0 Å². The van der Waals surface area contributed by atoms with Crippen molar-refractivity contribution in [3.63, 3.8) is 0 Å². The smallest absolute Gasteiger partial charge is 0.186 e. The highest BCUT2D eigenvalue weighted by molar-refractivity contribution is 4.88. The molecule has 2 aliphatic rings. The largest absolute Gasteiger partial charge is 0.394 e. The zero-order chi connectivity index (χ0) is 14.5. The van der Waals surface area contributed by atoms with Gasteiger partial charge in [-0.1, -0.05) is 6.42 Å². The summed E-state index contributed by atoms with van der Waals surface area (Å²) >= 11 is 0. The first-order valence-electron chi connectivity index (χ1n) is 7.28. The van der Waals surface area contributed by atoms with Crippen LogP contribution in [0.15, 0.2) is 0 Å². The lowest BCUT2D eigenvalue weighted by atomic mass is 9.99. The molecule has 0 unspecified atom stereocenters. The van der Waals surface area contributed by atoms with Crippen LogP contribution < -0.4 is 0 Å². The third-order valence-corrected chi connectivity index (χ3v) is 3.99. The van der Waals surface area contributed by atoms with E-state index in [9.17, 15) is 15.3 Å². The van der Waals surface area contributed by atoms with E-state index in [1.165, 1.54) is 19.3 Å². The molecule has 2 heterocycles. The summed E-state index contributed by atoms with van der Waals surface area (Å²) in [7, 11) is 0. The molecule has 0 aromatic carbocycles. The number of nitrogens with zero attached hydrogens (tertiary/aromatic N) is 1. The highest BCUT2D eigenvalue weighted by Gasteiger charge is 2.43. The molecule has 2 aliphatic heterocycles. The fourth-order valence-electron chi connectivity index (χ4n) is 2.69. The first-order chi connectivity index (χ1) is 9.63. The number of ether oxygens (including phenoxy) is 2. The molecule has 5 atom stereocenters. The van der Waals surface area contributed by atoms with E-state index in [-0.39, 0.29) is 0 Å². The monoisotopic (exact) mass is 291 g/mol. The van der Waals surface area contributed by atoms with Crippen LogP contribution in [0.4, 0.5) is 0 Å². The molecule has 20 heavy (non-hydrogen) atoms. The normalized spacial score (nSPS) is 39.9. The van der Waals surface area contributed by atoms with Crippen molar-refractivity contribution in [1.82, 2.24) is 4.90 Å². The summed E-state index contributed by atoms with van der Waals surface area (Å²) in [5.74, 6) is 0. The Labute approximate surface area is 118 Å². The van der Waals surface area contributed by atoms with Gasteiger partial charge < -0.3 is 34.8 Å². The first-order valence-corrected chi connectivity index (χ1v) is 7.28. The molecule has 0 radical (unpaired) electrons. The Kier molecular flexibility index (Phi) is 6.16. The summed E-state index contributed by atoms with van der Waals surface area (Å²) in [6, 6.07) is 0. The Bertz CT molecular complexity index is 284.